The number of nitrogens with one attached hydrogen (secondary N) is 1. The molecule has 2 aliphatic heterocycles. The molecule has 0 bridgehead atoms. The molecule has 1 amide bonds. The normalized spacial score (nSPS) is 17.9. The molecule has 182 valence electrons. The first-order valence-electron chi connectivity index (χ1n) is 11.6. The van der Waals surface area contributed by atoms with E-state index in [4.69, 9.17) is 4.74 Å². The Hall–Kier alpha value is -3.08. The highest BCUT2D eigenvalue weighted by Crippen LogP contribution is 2.33. The summed E-state index contributed by atoms with van der Waals surface area (Å²) in [6, 6.07) is 11.5. The van der Waals surface area contributed by atoms with Crippen LogP contribution in [0.5, 0.6) is 0 Å². The Morgan fingerprint density at radius 3 is 2.69 bits per heavy atom. The van der Waals surface area contributed by atoms with E-state index in [1.54, 1.807) is 30.3 Å². The quantitative estimate of drug-likeness (QED) is 0.378. The Bertz CT molecular complexity index is 1240. The second-order valence-electron chi connectivity index (χ2n) is 8.64. The predicted molar refractivity (Wildman–Crippen MR) is 131 cm³/mol. The van der Waals surface area contributed by atoms with E-state index < -0.39 is 0 Å². The summed E-state index contributed by atoms with van der Waals surface area (Å²) in [5.74, 6) is 0.147. The molecule has 1 N–H and O–H groups in total. The van der Waals surface area contributed by atoms with Crippen LogP contribution in [0.2, 0.25) is 0 Å². The molecule has 1 saturated heterocycles. The molecule has 2 aliphatic rings. The van der Waals surface area contributed by atoms with Crippen LogP contribution in [0.4, 0.5) is 10.1 Å². The maximum Gasteiger partial charge on any atom is 0.231 e. The molecule has 8 nitrogen and oxygen atoms in total. The van der Waals surface area contributed by atoms with E-state index in [0.717, 1.165) is 36.4 Å². The van der Waals surface area contributed by atoms with Gasteiger partial charge in [0.1, 0.15) is 5.82 Å². The third kappa shape index (κ3) is 5.14. The van der Waals surface area contributed by atoms with Crippen molar-refractivity contribution in [1.29, 1.82) is 0 Å². The third-order valence-corrected chi connectivity index (χ3v) is 7.35. The molecule has 1 atom stereocenters. The van der Waals surface area contributed by atoms with Gasteiger partial charge >= 0.3 is 0 Å². The number of carbonyl (C=O) groups is 2. The summed E-state index contributed by atoms with van der Waals surface area (Å²) in [7, 11) is 0. The van der Waals surface area contributed by atoms with E-state index in [9.17, 15) is 14.0 Å². The first kappa shape index (κ1) is 23.7. The van der Waals surface area contributed by atoms with Gasteiger partial charge in [-0.2, -0.15) is 0 Å². The molecule has 0 unspecified atom stereocenters. The number of ketones is 1. The van der Waals surface area contributed by atoms with Crippen molar-refractivity contribution in [3.05, 3.63) is 59.4 Å². The molecule has 3 aromatic rings. The fourth-order valence-electron chi connectivity index (χ4n) is 4.28. The lowest BCUT2D eigenvalue weighted by atomic mass is 9.99. The van der Waals surface area contributed by atoms with Gasteiger partial charge in [0, 0.05) is 43.0 Å². The number of aromatic nitrogens is 3. The second kappa shape index (κ2) is 10.3. The van der Waals surface area contributed by atoms with Crippen molar-refractivity contribution >= 4 is 29.1 Å². The van der Waals surface area contributed by atoms with Crippen LogP contribution in [0.3, 0.4) is 0 Å². The molecule has 0 aliphatic carbocycles. The molecule has 0 spiro atoms. The van der Waals surface area contributed by atoms with Crippen molar-refractivity contribution in [2.75, 3.05) is 43.9 Å². The van der Waals surface area contributed by atoms with Gasteiger partial charge in [0.15, 0.2) is 16.8 Å². The van der Waals surface area contributed by atoms with Crippen molar-refractivity contribution in [3.63, 3.8) is 0 Å². The van der Waals surface area contributed by atoms with Crippen LogP contribution >= 0.6 is 11.8 Å². The first-order chi connectivity index (χ1) is 17.0. The molecule has 2 aromatic carbocycles. The smallest absolute Gasteiger partial charge is 0.231 e. The van der Waals surface area contributed by atoms with Crippen LogP contribution in [0.25, 0.3) is 11.4 Å². The van der Waals surface area contributed by atoms with Gasteiger partial charge < -0.3 is 14.6 Å². The summed E-state index contributed by atoms with van der Waals surface area (Å²) in [5, 5.41) is 12.2. The number of anilines is 1. The minimum Gasteiger partial charge on any atom is -0.379 e. The monoisotopic (exact) mass is 495 g/mol. The number of ether oxygens (including phenoxy) is 1. The number of fused-ring (bicyclic) bond motifs is 1. The zero-order valence-electron chi connectivity index (χ0n) is 19.4. The number of amides is 1. The molecule has 0 radical (unpaired) electrons. The number of nitrogens with zero attached hydrogens (tertiary/aromatic N) is 4. The van der Waals surface area contributed by atoms with E-state index in [2.05, 4.69) is 20.4 Å². The summed E-state index contributed by atoms with van der Waals surface area (Å²) < 4.78 is 20.9. The summed E-state index contributed by atoms with van der Waals surface area (Å²) >= 11 is 1.33. The van der Waals surface area contributed by atoms with Crippen LogP contribution in [0.1, 0.15) is 28.8 Å². The van der Waals surface area contributed by atoms with Gasteiger partial charge in [-0.3, -0.25) is 14.5 Å². The Labute approximate surface area is 206 Å². The molecule has 10 heteroatoms. The summed E-state index contributed by atoms with van der Waals surface area (Å²) in [6.45, 7) is 6.42. The van der Waals surface area contributed by atoms with Gasteiger partial charge in [-0.15, -0.1) is 10.2 Å². The Morgan fingerprint density at radius 2 is 1.91 bits per heavy atom. The van der Waals surface area contributed by atoms with Crippen LogP contribution in [-0.4, -0.2) is 70.0 Å². The number of hydrogen-bond acceptors (Lipinski definition) is 7. The Morgan fingerprint density at radius 1 is 1.14 bits per heavy atom. The minimum atomic E-state index is -0.311. The number of rotatable bonds is 8. The van der Waals surface area contributed by atoms with Crippen molar-refractivity contribution in [2.45, 2.75) is 24.5 Å². The summed E-state index contributed by atoms with van der Waals surface area (Å²) in [5.41, 5.74) is 2.94. The van der Waals surface area contributed by atoms with Crippen molar-refractivity contribution in [3.8, 4) is 11.4 Å². The number of carbonyl (C=O) groups excluding carboxylic acids is 2. The number of benzene rings is 2. The SMILES string of the molecule is C[C@H]1C(=O)Nc2ccc(C(=O)CSc3nnc(-c4ccc(F)cc4)n3CCN3CCOCC3)cc21. The van der Waals surface area contributed by atoms with E-state index in [-0.39, 0.29) is 29.2 Å². The van der Waals surface area contributed by atoms with E-state index >= 15 is 0 Å². The van der Waals surface area contributed by atoms with Crippen LogP contribution < -0.4 is 5.32 Å². The highest BCUT2D eigenvalue weighted by atomic mass is 32.2. The number of morpholine rings is 1. The van der Waals surface area contributed by atoms with E-state index in [1.807, 2.05) is 11.5 Å². The molecule has 5 rings (SSSR count). The van der Waals surface area contributed by atoms with Gasteiger partial charge in [-0.05, 0) is 55.0 Å². The van der Waals surface area contributed by atoms with Gasteiger partial charge in [0.2, 0.25) is 5.91 Å². The molecule has 0 saturated carbocycles. The van der Waals surface area contributed by atoms with Gasteiger partial charge in [0.25, 0.3) is 0 Å². The number of thioether (sulfide) groups is 1. The number of Topliss-reactive ketones (excluding diaryl/α,β-unsaturated/α-hetero) is 1. The van der Waals surface area contributed by atoms with Gasteiger partial charge in [-0.1, -0.05) is 11.8 Å². The van der Waals surface area contributed by atoms with Gasteiger partial charge in [0.05, 0.1) is 24.9 Å². The fraction of sp³-hybridized carbons (Fsp3) is 0.360. The predicted octanol–water partition coefficient (Wildman–Crippen LogP) is 3.45. The summed E-state index contributed by atoms with van der Waals surface area (Å²) in [6.07, 6.45) is 0. The minimum absolute atomic E-state index is 0.0459. The van der Waals surface area contributed by atoms with Gasteiger partial charge in [-0.25, -0.2) is 4.39 Å². The molecule has 1 aromatic heterocycles. The first-order valence-corrected chi connectivity index (χ1v) is 12.6. The van der Waals surface area contributed by atoms with Crippen LogP contribution in [-0.2, 0) is 16.1 Å². The Kier molecular flexibility index (Phi) is 6.94. The van der Waals surface area contributed by atoms with Crippen molar-refractivity contribution in [2.24, 2.45) is 0 Å². The summed E-state index contributed by atoms with van der Waals surface area (Å²) in [4.78, 5) is 27.2. The third-order valence-electron chi connectivity index (χ3n) is 6.39. The van der Waals surface area contributed by atoms with E-state index in [0.29, 0.717) is 36.3 Å². The van der Waals surface area contributed by atoms with Crippen LogP contribution in [0, 0.1) is 5.82 Å². The fourth-order valence-corrected chi connectivity index (χ4v) is 5.14. The number of halogens is 1. The largest absolute Gasteiger partial charge is 0.379 e. The Balaban J connectivity index is 1.33. The maximum absolute atomic E-state index is 13.5. The van der Waals surface area contributed by atoms with Crippen LogP contribution in [0.15, 0.2) is 47.6 Å². The lowest BCUT2D eigenvalue weighted by Gasteiger charge is -2.27. The lowest BCUT2D eigenvalue weighted by molar-refractivity contribution is -0.116. The molecule has 3 heterocycles. The lowest BCUT2D eigenvalue weighted by Crippen LogP contribution is -2.38. The zero-order chi connectivity index (χ0) is 24.4. The highest BCUT2D eigenvalue weighted by Gasteiger charge is 2.27. The topological polar surface area (TPSA) is 89.3 Å². The standard InChI is InChI=1S/C25H26FN5O3S/c1-16-20-14-18(4-7-21(20)27-24(16)33)22(32)15-35-25-29-28-23(17-2-5-19(26)6-3-17)31(25)9-8-30-10-12-34-13-11-30/h2-7,14,16H,8-13,15H2,1H3,(H,27,33)/t16-/m1/s1. The highest BCUT2D eigenvalue weighted by molar-refractivity contribution is 7.99. The number of hydrogen-bond donors (Lipinski definition) is 1. The average Bonchev–Trinajstić information content (AvgIpc) is 3.41. The van der Waals surface area contributed by atoms with Crippen molar-refractivity contribution in [1.82, 2.24) is 19.7 Å². The van der Waals surface area contributed by atoms with E-state index in [1.165, 1.54) is 23.9 Å². The molecule has 1 fully saturated rings. The second-order valence-corrected chi connectivity index (χ2v) is 9.59. The average molecular weight is 496 g/mol. The molecular formula is C25H26FN5O3S. The molecule has 35 heavy (non-hydrogen) atoms. The van der Waals surface area contributed by atoms with Crippen molar-refractivity contribution < 1.29 is 18.7 Å². The maximum atomic E-state index is 13.5. The zero-order valence-corrected chi connectivity index (χ0v) is 20.2. The molecular weight excluding hydrogens is 469 g/mol.